The average molecular weight is 316 g/mol. The van der Waals surface area contributed by atoms with E-state index in [1.54, 1.807) is 0 Å². The number of anilines is 2. The molecule has 2 aromatic carbocycles. The molecule has 22 heavy (non-hydrogen) atoms. The standard InChI is InChI=1S/C16H13N3O2.ClH/c1-10-12-4-2-3-5-13(12)16(19-18-10)17-11-6-7-14-15(8-11)21-9-20-14;/h2-8H,9H2,1H3,(H,17,19);1H. The molecular weight excluding hydrogens is 302 g/mol. The van der Waals surface area contributed by atoms with Crippen molar-refractivity contribution in [2.45, 2.75) is 6.92 Å². The van der Waals surface area contributed by atoms with Gasteiger partial charge in [-0.15, -0.1) is 17.5 Å². The fourth-order valence-electron chi connectivity index (χ4n) is 2.44. The SMILES string of the molecule is Cc1nnc(Nc2ccc3c(c2)OCO3)c2ccccc12.Cl. The lowest BCUT2D eigenvalue weighted by molar-refractivity contribution is 0.174. The van der Waals surface area contributed by atoms with Crippen molar-refractivity contribution in [2.75, 3.05) is 12.1 Å². The molecule has 1 N–H and O–H groups in total. The number of fused-ring (bicyclic) bond motifs is 2. The smallest absolute Gasteiger partial charge is 0.231 e. The van der Waals surface area contributed by atoms with E-state index in [1.807, 2.05) is 49.4 Å². The van der Waals surface area contributed by atoms with Crippen LogP contribution in [0.4, 0.5) is 11.5 Å². The van der Waals surface area contributed by atoms with Gasteiger partial charge in [-0.05, 0) is 19.1 Å². The molecule has 3 aromatic rings. The Morgan fingerprint density at radius 3 is 2.59 bits per heavy atom. The summed E-state index contributed by atoms with van der Waals surface area (Å²) < 4.78 is 10.7. The van der Waals surface area contributed by atoms with Crippen LogP contribution in [0.1, 0.15) is 5.69 Å². The molecule has 0 radical (unpaired) electrons. The monoisotopic (exact) mass is 315 g/mol. The highest BCUT2D eigenvalue weighted by atomic mass is 35.5. The largest absolute Gasteiger partial charge is 0.454 e. The topological polar surface area (TPSA) is 56.3 Å². The maximum Gasteiger partial charge on any atom is 0.231 e. The summed E-state index contributed by atoms with van der Waals surface area (Å²) in [4.78, 5) is 0. The lowest BCUT2D eigenvalue weighted by Gasteiger charge is -2.09. The van der Waals surface area contributed by atoms with Crippen LogP contribution in [0, 0.1) is 6.92 Å². The summed E-state index contributed by atoms with van der Waals surface area (Å²) in [6.07, 6.45) is 0. The van der Waals surface area contributed by atoms with E-state index in [0.717, 1.165) is 39.5 Å². The first kappa shape index (κ1) is 14.4. The molecule has 6 heteroatoms. The van der Waals surface area contributed by atoms with Crippen LogP contribution in [0.3, 0.4) is 0 Å². The molecule has 1 aliphatic heterocycles. The van der Waals surface area contributed by atoms with E-state index >= 15 is 0 Å². The minimum Gasteiger partial charge on any atom is -0.454 e. The quantitative estimate of drug-likeness (QED) is 0.779. The molecule has 0 aliphatic carbocycles. The fourth-order valence-corrected chi connectivity index (χ4v) is 2.44. The molecule has 4 rings (SSSR count). The Kier molecular flexibility index (Phi) is 3.73. The van der Waals surface area contributed by atoms with E-state index in [1.165, 1.54) is 0 Å². The Labute approximate surface area is 133 Å². The van der Waals surface area contributed by atoms with Crippen LogP contribution < -0.4 is 14.8 Å². The maximum absolute atomic E-state index is 5.39. The first-order valence-electron chi connectivity index (χ1n) is 6.70. The van der Waals surface area contributed by atoms with Crippen molar-refractivity contribution in [1.29, 1.82) is 0 Å². The minimum absolute atomic E-state index is 0. The summed E-state index contributed by atoms with van der Waals surface area (Å²) in [7, 11) is 0. The van der Waals surface area contributed by atoms with Gasteiger partial charge in [-0.1, -0.05) is 24.3 Å². The van der Waals surface area contributed by atoms with Gasteiger partial charge in [0.25, 0.3) is 0 Å². The summed E-state index contributed by atoms with van der Waals surface area (Å²) in [6.45, 7) is 2.23. The van der Waals surface area contributed by atoms with Crippen molar-refractivity contribution in [3.8, 4) is 11.5 Å². The number of benzene rings is 2. The second-order valence-corrected chi connectivity index (χ2v) is 4.87. The molecule has 0 saturated heterocycles. The zero-order valence-corrected chi connectivity index (χ0v) is 12.7. The molecule has 0 amide bonds. The first-order valence-corrected chi connectivity index (χ1v) is 6.70. The second kappa shape index (κ2) is 5.69. The number of halogens is 1. The number of aromatic nitrogens is 2. The van der Waals surface area contributed by atoms with E-state index in [2.05, 4.69) is 15.5 Å². The Morgan fingerprint density at radius 1 is 0.955 bits per heavy atom. The van der Waals surface area contributed by atoms with Crippen molar-refractivity contribution in [3.05, 3.63) is 48.2 Å². The summed E-state index contributed by atoms with van der Waals surface area (Å²) >= 11 is 0. The van der Waals surface area contributed by atoms with E-state index in [9.17, 15) is 0 Å². The van der Waals surface area contributed by atoms with Crippen molar-refractivity contribution < 1.29 is 9.47 Å². The van der Waals surface area contributed by atoms with Crippen LogP contribution in [0.15, 0.2) is 42.5 Å². The molecule has 112 valence electrons. The van der Waals surface area contributed by atoms with E-state index in [-0.39, 0.29) is 19.2 Å². The summed E-state index contributed by atoms with van der Waals surface area (Å²) in [5, 5.41) is 13.9. The van der Waals surface area contributed by atoms with Crippen LogP contribution in [-0.4, -0.2) is 17.0 Å². The third-order valence-corrected chi connectivity index (χ3v) is 3.51. The molecule has 0 bridgehead atoms. The summed E-state index contributed by atoms with van der Waals surface area (Å²) in [5.41, 5.74) is 1.81. The Hall–Kier alpha value is -2.53. The van der Waals surface area contributed by atoms with Crippen LogP contribution in [0.2, 0.25) is 0 Å². The fraction of sp³-hybridized carbons (Fsp3) is 0.125. The van der Waals surface area contributed by atoms with Gasteiger partial charge in [0.15, 0.2) is 17.3 Å². The van der Waals surface area contributed by atoms with Crippen LogP contribution in [0.25, 0.3) is 10.8 Å². The third kappa shape index (κ3) is 2.40. The Morgan fingerprint density at radius 2 is 1.73 bits per heavy atom. The zero-order chi connectivity index (χ0) is 14.2. The lowest BCUT2D eigenvalue weighted by Crippen LogP contribution is -1.98. The van der Waals surface area contributed by atoms with E-state index in [0.29, 0.717) is 0 Å². The highest BCUT2D eigenvalue weighted by Crippen LogP contribution is 2.35. The van der Waals surface area contributed by atoms with Crippen LogP contribution in [-0.2, 0) is 0 Å². The molecule has 0 unspecified atom stereocenters. The molecule has 0 fully saturated rings. The normalized spacial score (nSPS) is 12.0. The van der Waals surface area contributed by atoms with Gasteiger partial charge in [0, 0.05) is 22.5 Å². The molecule has 0 atom stereocenters. The number of ether oxygens (including phenoxy) is 2. The molecule has 5 nitrogen and oxygen atoms in total. The number of nitrogens with one attached hydrogen (secondary N) is 1. The Balaban J connectivity index is 0.00000144. The molecular formula is C16H14ClN3O2. The number of rotatable bonds is 2. The van der Waals surface area contributed by atoms with E-state index < -0.39 is 0 Å². The molecule has 1 aromatic heterocycles. The third-order valence-electron chi connectivity index (χ3n) is 3.51. The van der Waals surface area contributed by atoms with Crippen molar-refractivity contribution >= 4 is 34.7 Å². The van der Waals surface area contributed by atoms with E-state index in [4.69, 9.17) is 9.47 Å². The number of hydrogen-bond acceptors (Lipinski definition) is 5. The lowest BCUT2D eigenvalue weighted by atomic mass is 10.1. The second-order valence-electron chi connectivity index (χ2n) is 4.87. The highest BCUT2D eigenvalue weighted by Gasteiger charge is 2.14. The number of aryl methyl sites for hydroxylation is 1. The van der Waals surface area contributed by atoms with Crippen LogP contribution >= 0.6 is 12.4 Å². The first-order chi connectivity index (χ1) is 10.3. The van der Waals surface area contributed by atoms with Gasteiger partial charge < -0.3 is 14.8 Å². The van der Waals surface area contributed by atoms with Gasteiger partial charge in [-0.3, -0.25) is 0 Å². The van der Waals surface area contributed by atoms with Crippen LogP contribution in [0.5, 0.6) is 11.5 Å². The number of hydrogen-bond donors (Lipinski definition) is 1. The summed E-state index contributed by atoms with van der Waals surface area (Å²) in [6, 6.07) is 13.8. The van der Waals surface area contributed by atoms with Gasteiger partial charge in [-0.2, -0.15) is 5.10 Å². The highest BCUT2D eigenvalue weighted by molar-refractivity contribution is 5.94. The minimum atomic E-state index is 0. The van der Waals surface area contributed by atoms with Crippen molar-refractivity contribution in [3.63, 3.8) is 0 Å². The van der Waals surface area contributed by atoms with Gasteiger partial charge in [0.1, 0.15) is 0 Å². The summed E-state index contributed by atoms with van der Waals surface area (Å²) in [5.74, 6) is 2.24. The maximum atomic E-state index is 5.39. The zero-order valence-electron chi connectivity index (χ0n) is 11.9. The molecule has 0 saturated carbocycles. The van der Waals surface area contributed by atoms with Gasteiger partial charge in [0.2, 0.25) is 6.79 Å². The predicted octanol–water partition coefficient (Wildman–Crippen LogP) is 3.83. The average Bonchev–Trinajstić information content (AvgIpc) is 2.98. The van der Waals surface area contributed by atoms with Crippen molar-refractivity contribution in [2.24, 2.45) is 0 Å². The predicted molar refractivity (Wildman–Crippen MR) is 87.4 cm³/mol. The van der Waals surface area contributed by atoms with Gasteiger partial charge in [-0.25, -0.2) is 0 Å². The van der Waals surface area contributed by atoms with Gasteiger partial charge >= 0.3 is 0 Å². The molecule has 2 heterocycles. The van der Waals surface area contributed by atoms with Gasteiger partial charge in [0.05, 0.1) is 5.69 Å². The number of nitrogens with zero attached hydrogens (tertiary/aromatic N) is 2. The molecule has 1 aliphatic rings. The van der Waals surface area contributed by atoms with Crippen molar-refractivity contribution in [1.82, 2.24) is 10.2 Å². The molecule has 0 spiro atoms. The Bertz CT molecular complexity index is 839.